The Balaban J connectivity index is 2.85. The van der Waals surface area contributed by atoms with Crippen molar-refractivity contribution in [2.24, 2.45) is 0 Å². The first-order valence-corrected chi connectivity index (χ1v) is 5.09. The van der Waals surface area contributed by atoms with E-state index in [-0.39, 0.29) is 5.56 Å². The molecule has 0 aromatic heterocycles. The third-order valence-corrected chi connectivity index (χ3v) is 2.40. The fourth-order valence-corrected chi connectivity index (χ4v) is 1.46. The number of carboxylic acid groups (broad SMARTS) is 1. The quantitative estimate of drug-likeness (QED) is 0.849. The number of halogens is 1. The highest BCUT2D eigenvalue weighted by molar-refractivity contribution is 6.33. The molecule has 2 N–H and O–H groups in total. The number of carbonyl (C=O) groups is 2. The lowest BCUT2D eigenvalue weighted by molar-refractivity contribution is -0.138. The van der Waals surface area contributed by atoms with E-state index in [0.29, 0.717) is 5.02 Å². The summed E-state index contributed by atoms with van der Waals surface area (Å²) in [6.45, 7) is 3.25. The highest BCUT2D eigenvalue weighted by Crippen LogP contribution is 2.17. The van der Waals surface area contributed by atoms with Gasteiger partial charge in [-0.25, -0.2) is 0 Å². The van der Waals surface area contributed by atoms with Crippen LogP contribution in [0.1, 0.15) is 22.8 Å². The highest BCUT2D eigenvalue weighted by Gasteiger charge is 2.16. The number of hydrogen-bond donors (Lipinski definition) is 2. The largest absolute Gasteiger partial charge is 0.480 e. The zero-order valence-corrected chi connectivity index (χ0v) is 9.71. The van der Waals surface area contributed by atoms with Gasteiger partial charge in [-0.1, -0.05) is 17.7 Å². The van der Waals surface area contributed by atoms with Crippen LogP contribution >= 0.6 is 11.6 Å². The molecule has 1 aromatic rings. The van der Waals surface area contributed by atoms with Crippen molar-refractivity contribution in [1.82, 2.24) is 5.32 Å². The van der Waals surface area contributed by atoms with Crippen LogP contribution in [0.4, 0.5) is 0 Å². The predicted octanol–water partition coefficient (Wildman–Crippen LogP) is 1.85. The van der Waals surface area contributed by atoms with Gasteiger partial charge in [0.05, 0.1) is 10.6 Å². The van der Waals surface area contributed by atoms with E-state index in [2.05, 4.69) is 5.32 Å². The molecule has 0 spiro atoms. The molecule has 0 unspecified atom stereocenters. The molecule has 1 aromatic carbocycles. The van der Waals surface area contributed by atoms with Gasteiger partial charge in [0, 0.05) is 0 Å². The molecule has 0 saturated carbocycles. The Morgan fingerprint density at radius 1 is 1.44 bits per heavy atom. The molecule has 0 bridgehead atoms. The van der Waals surface area contributed by atoms with E-state index in [1.807, 2.05) is 6.92 Å². The van der Waals surface area contributed by atoms with Gasteiger partial charge in [-0.05, 0) is 31.5 Å². The molecule has 0 radical (unpaired) electrons. The van der Waals surface area contributed by atoms with Crippen molar-refractivity contribution in [1.29, 1.82) is 0 Å². The Bertz CT molecular complexity index is 431. The van der Waals surface area contributed by atoms with Crippen molar-refractivity contribution in [2.75, 3.05) is 0 Å². The van der Waals surface area contributed by atoms with E-state index in [4.69, 9.17) is 16.7 Å². The van der Waals surface area contributed by atoms with E-state index in [0.717, 1.165) is 5.56 Å². The van der Waals surface area contributed by atoms with Crippen molar-refractivity contribution in [3.63, 3.8) is 0 Å². The molecule has 1 rings (SSSR count). The van der Waals surface area contributed by atoms with Gasteiger partial charge in [-0.15, -0.1) is 0 Å². The van der Waals surface area contributed by atoms with Gasteiger partial charge in [0.2, 0.25) is 0 Å². The van der Waals surface area contributed by atoms with Gasteiger partial charge in [-0.3, -0.25) is 9.59 Å². The van der Waals surface area contributed by atoms with Crippen LogP contribution in [0.25, 0.3) is 0 Å². The van der Waals surface area contributed by atoms with Gasteiger partial charge in [0.1, 0.15) is 6.04 Å². The summed E-state index contributed by atoms with van der Waals surface area (Å²) in [4.78, 5) is 22.2. The van der Waals surface area contributed by atoms with Crippen molar-refractivity contribution in [2.45, 2.75) is 19.9 Å². The Hall–Kier alpha value is -1.55. The maximum Gasteiger partial charge on any atom is 0.325 e. The van der Waals surface area contributed by atoms with Gasteiger partial charge in [0.25, 0.3) is 5.91 Å². The summed E-state index contributed by atoms with van der Waals surface area (Å²) in [6.07, 6.45) is 0. The topological polar surface area (TPSA) is 66.4 Å². The Morgan fingerprint density at radius 2 is 2.06 bits per heavy atom. The lowest BCUT2D eigenvalue weighted by atomic mass is 10.1. The average molecular weight is 242 g/mol. The summed E-state index contributed by atoms with van der Waals surface area (Å²) >= 11 is 5.88. The molecular formula is C11H12ClNO3. The molecule has 4 nitrogen and oxygen atoms in total. The Morgan fingerprint density at radius 3 is 2.56 bits per heavy atom. The molecule has 0 aliphatic heterocycles. The minimum absolute atomic E-state index is 0.278. The summed E-state index contributed by atoms with van der Waals surface area (Å²) in [7, 11) is 0. The van der Waals surface area contributed by atoms with Crippen LogP contribution in [0.5, 0.6) is 0 Å². The molecule has 0 saturated heterocycles. The van der Waals surface area contributed by atoms with Crippen LogP contribution in [0, 0.1) is 6.92 Å². The first-order chi connectivity index (χ1) is 7.41. The van der Waals surface area contributed by atoms with Gasteiger partial charge < -0.3 is 10.4 Å². The van der Waals surface area contributed by atoms with Crippen molar-refractivity contribution >= 4 is 23.5 Å². The van der Waals surface area contributed by atoms with Gasteiger partial charge in [-0.2, -0.15) is 0 Å². The fraction of sp³-hybridized carbons (Fsp3) is 0.273. The van der Waals surface area contributed by atoms with Gasteiger partial charge >= 0.3 is 5.97 Å². The normalized spacial score (nSPS) is 11.9. The molecule has 1 amide bonds. The fourth-order valence-electron chi connectivity index (χ4n) is 1.14. The number of rotatable bonds is 3. The van der Waals surface area contributed by atoms with Crippen LogP contribution in [-0.4, -0.2) is 23.0 Å². The standard InChI is InChI=1S/C11H12ClNO3/c1-6-3-4-8(9(12)5-6)10(14)13-7(2)11(15)16/h3-5,7H,1-2H3,(H,13,14)(H,15,16)/t7-/m1/s1. The van der Waals surface area contributed by atoms with Crippen LogP contribution in [0.3, 0.4) is 0 Å². The monoisotopic (exact) mass is 241 g/mol. The number of amides is 1. The number of aliphatic carboxylic acids is 1. The van der Waals surface area contributed by atoms with Crippen LogP contribution in [-0.2, 0) is 4.79 Å². The van der Waals surface area contributed by atoms with Crippen molar-refractivity contribution < 1.29 is 14.7 Å². The number of benzene rings is 1. The van der Waals surface area contributed by atoms with E-state index < -0.39 is 17.9 Å². The predicted molar refractivity (Wildman–Crippen MR) is 60.8 cm³/mol. The molecule has 0 fully saturated rings. The first-order valence-electron chi connectivity index (χ1n) is 4.71. The van der Waals surface area contributed by atoms with Crippen LogP contribution in [0.2, 0.25) is 5.02 Å². The third kappa shape index (κ3) is 2.97. The van der Waals surface area contributed by atoms with E-state index in [1.54, 1.807) is 18.2 Å². The summed E-state index contributed by atoms with van der Waals surface area (Å²) < 4.78 is 0. The Kier molecular flexibility index (Phi) is 3.90. The first kappa shape index (κ1) is 12.5. The van der Waals surface area contributed by atoms with E-state index >= 15 is 0 Å². The molecule has 1 atom stereocenters. The lowest BCUT2D eigenvalue weighted by Gasteiger charge is -2.10. The van der Waals surface area contributed by atoms with Crippen LogP contribution in [0.15, 0.2) is 18.2 Å². The highest BCUT2D eigenvalue weighted by atomic mass is 35.5. The number of aryl methyl sites for hydroxylation is 1. The zero-order chi connectivity index (χ0) is 12.3. The maximum absolute atomic E-state index is 11.6. The molecule has 86 valence electrons. The lowest BCUT2D eigenvalue weighted by Crippen LogP contribution is -2.38. The summed E-state index contributed by atoms with van der Waals surface area (Å²) in [5.74, 6) is -1.57. The summed E-state index contributed by atoms with van der Waals surface area (Å²) in [5.41, 5.74) is 1.22. The maximum atomic E-state index is 11.6. The van der Waals surface area contributed by atoms with Crippen molar-refractivity contribution in [3.8, 4) is 0 Å². The SMILES string of the molecule is Cc1ccc(C(=O)N[C@H](C)C(=O)O)c(Cl)c1. The van der Waals surface area contributed by atoms with E-state index in [1.165, 1.54) is 6.92 Å². The van der Waals surface area contributed by atoms with Crippen molar-refractivity contribution in [3.05, 3.63) is 34.3 Å². The molecule has 5 heteroatoms. The average Bonchev–Trinajstić information content (AvgIpc) is 2.16. The molecule has 16 heavy (non-hydrogen) atoms. The molecular weight excluding hydrogens is 230 g/mol. The summed E-state index contributed by atoms with van der Waals surface area (Å²) in [5, 5.41) is 11.3. The smallest absolute Gasteiger partial charge is 0.325 e. The molecule has 0 aliphatic rings. The molecule has 0 aliphatic carbocycles. The zero-order valence-electron chi connectivity index (χ0n) is 8.95. The van der Waals surface area contributed by atoms with Gasteiger partial charge in [0.15, 0.2) is 0 Å². The number of carboxylic acids is 1. The number of carbonyl (C=O) groups excluding carboxylic acids is 1. The number of nitrogens with one attached hydrogen (secondary N) is 1. The molecule has 0 heterocycles. The summed E-state index contributed by atoms with van der Waals surface area (Å²) in [6, 6.07) is 4.03. The third-order valence-electron chi connectivity index (χ3n) is 2.09. The minimum atomic E-state index is -1.09. The minimum Gasteiger partial charge on any atom is -0.480 e. The number of hydrogen-bond acceptors (Lipinski definition) is 2. The van der Waals surface area contributed by atoms with Crippen LogP contribution < -0.4 is 5.32 Å². The van der Waals surface area contributed by atoms with E-state index in [9.17, 15) is 9.59 Å². The second-order valence-corrected chi connectivity index (χ2v) is 3.92. The Labute approximate surface area is 98.2 Å². The second-order valence-electron chi connectivity index (χ2n) is 3.52. The second kappa shape index (κ2) is 4.99.